The van der Waals surface area contributed by atoms with Gasteiger partial charge < -0.3 is 27.4 Å². The van der Waals surface area contributed by atoms with Gasteiger partial charge in [0.05, 0.1) is 0 Å². The van der Waals surface area contributed by atoms with Crippen LogP contribution in [0.5, 0.6) is 0 Å². The molecule has 0 saturated carbocycles. The zero-order valence-electron chi connectivity index (χ0n) is 20.6. The number of benzene rings is 2. The topological polar surface area (TPSA) is 137 Å². The second-order valence-corrected chi connectivity index (χ2v) is 9.15. The summed E-state index contributed by atoms with van der Waals surface area (Å²) in [5.74, 6) is -0.643. The molecule has 2 aliphatic heterocycles. The molecule has 190 valence electrons. The Labute approximate surface area is 211 Å². The van der Waals surface area contributed by atoms with Gasteiger partial charge in [0.1, 0.15) is 12.1 Å². The number of aryl methyl sites for hydroxylation is 1. The molecule has 0 aliphatic carbocycles. The minimum absolute atomic E-state index is 0.0155. The summed E-state index contributed by atoms with van der Waals surface area (Å²) < 4.78 is 14.9. The highest BCUT2D eigenvalue weighted by Gasteiger charge is 2.19. The lowest BCUT2D eigenvalue weighted by molar-refractivity contribution is 0.102. The normalized spacial score (nSPS) is 16.5. The van der Waals surface area contributed by atoms with Crippen LogP contribution in [0.1, 0.15) is 46.8 Å². The van der Waals surface area contributed by atoms with Crippen LogP contribution in [-0.2, 0) is 6.42 Å². The van der Waals surface area contributed by atoms with E-state index in [0.29, 0.717) is 49.3 Å². The Bertz CT molecular complexity index is 1220. The summed E-state index contributed by atoms with van der Waals surface area (Å²) in [5.41, 5.74) is 22.7. The first-order valence-corrected chi connectivity index (χ1v) is 12.2. The molecule has 0 saturated heterocycles. The van der Waals surface area contributed by atoms with Crippen molar-refractivity contribution >= 4 is 28.7 Å². The van der Waals surface area contributed by atoms with Crippen molar-refractivity contribution in [3.05, 3.63) is 76.6 Å². The molecule has 0 bridgehead atoms. The summed E-state index contributed by atoms with van der Waals surface area (Å²) in [7, 11) is 0. The zero-order chi connectivity index (χ0) is 25.8. The molecule has 1 amide bonds. The van der Waals surface area contributed by atoms with E-state index in [1.54, 1.807) is 17.0 Å². The maximum Gasteiger partial charge on any atom is 0.255 e. The summed E-state index contributed by atoms with van der Waals surface area (Å²) in [6.45, 7) is 4.56. The maximum absolute atomic E-state index is 14.9. The number of carbonyl (C=O) groups excluding carboxylic acids is 1. The second-order valence-electron chi connectivity index (χ2n) is 9.15. The molecule has 0 radical (unpaired) electrons. The Morgan fingerprint density at radius 1 is 1.08 bits per heavy atom. The van der Waals surface area contributed by atoms with Crippen molar-refractivity contribution in [2.24, 2.45) is 17.2 Å². The van der Waals surface area contributed by atoms with Gasteiger partial charge in [-0.05, 0) is 65.8 Å². The molecule has 0 spiro atoms. The van der Waals surface area contributed by atoms with Crippen LogP contribution in [0.2, 0.25) is 0 Å². The monoisotopic (exact) mass is 491 g/mol. The fraction of sp³-hybridized carbons (Fsp3) is 0.333. The molecule has 2 aliphatic rings. The van der Waals surface area contributed by atoms with Gasteiger partial charge in [-0.3, -0.25) is 15.1 Å². The Morgan fingerprint density at radius 3 is 2.42 bits per heavy atom. The van der Waals surface area contributed by atoms with Crippen LogP contribution < -0.4 is 22.5 Å². The maximum atomic E-state index is 14.9. The van der Waals surface area contributed by atoms with Crippen LogP contribution in [0.4, 0.5) is 10.1 Å². The van der Waals surface area contributed by atoms with Crippen LogP contribution in [0.3, 0.4) is 0 Å². The Morgan fingerprint density at radius 2 is 1.83 bits per heavy atom. The van der Waals surface area contributed by atoms with Gasteiger partial charge in [0, 0.05) is 43.0 Å². The van der Waals surface area contributed by atoms with Crippen molar-refractivity contribution in [1.29, 1.82) is 5.41 Å². The van der Waals surface area contributed by atoms with E-state index in [1.165, 1.54) is 11.6 Å². The third kappa shape index (κ3) is 5.64. The van der Waals surface area contributed by atoms with Gasteiger partial charge >= 0.3 is 0 Å². The SMILES string of the molecule is CCc1cc(C2=CCN(C(N)N)CC2)ccc1C(=O)Nc1ccc(C2=CCN(C(=N)N)CC2)c(F)c1. The number of nitrogens with zero attached hydrogens (tertiary/aromatic N) is 2. The van der Waals surface area contributed by atoms with Crippen molar-refractivity contribution in [2.75, 3.05) is 31.5 Å². The van der Waals surface area contributed by atoms with E-state index in [2.05, 4.69) is 17.5 Å². The molecule has 8 N–H and O–H groups in total. The van der Waals surface area contributed by atoms with E-state index in [1.807, 2.05) is 30.0 Å². The van der Waals surface area contributed by atoms with E-state index in [9.17, 15) is 9.18 Å². The van der Waals surface area contributed by atoms with Crippen molar-refractivity contribution in [1.82, 2.24) is 9.80 Å². The first kappa shape index (κ1) is 25.6. The predicted octanol–water partition coefficient (Wildman–Crippen LogP) is 2.91. The first-order chi connectivity index (χ1) is 17.3. The number of nitrogens with one attached hydrogen (secondary N) is 2. The fourth-order valence-electron chi connectivity index (χ4n) is 4.71. The largest absolute Gasteiger partial charge is 0.370 e. The van der Waals surface area contributed by atoms with Crippen molar-refractivity contribution in [3.63, 3.8) is 0 Å². The number of amides is 1. The Kier molecular flexibility index (Phi) is 7.83. The van der Waals surface area contributed by atoms with E-state index >= 15 is 0 Å². The number of nitrogens with two attached hydrogens (primary N) is 3. The summed E-state index contributed by atoms with van der Waals surface area (Å²) >= 11 is 0. The van der Waals surface area contributed by atoms with Gasteiger partial charge in [-0.2, -0.15) is 0 Å². The lowest BCUT2D eigenvalue weighted by Gasteiger charge is -2.29. The average Bonchev–Trinajstić information content (AvgIpc) is 2.88. The highest BCUT2D eigenvalue weighted by molar-refractivity contribution is 6.05. The van der Waals surface area contributed by atoms with Gasteiger partial charge in [0.15, 0.2) is 5.96 Å². The van der Waals surface area contributed by atoms with Gasteiger partial charge in [-0.25, -0.2) is 4.39 Å². The zero-order valence-corrected chi connectivity index (χ0v) is 20.6. The molecular weight excluding hydrogens is 457 g/mol. The molecule has 36 heavy (non-hydrogen) atoms. The second kappa shape index (κ2) is 11.0. The van der Waals surface area contributed by atoms with Crippen molar-refractivity contribution in [3.8, 4) is 0 Å². The molecule has 2 aromatic rings. The van der Waals surface area contributed by atoms with Crippen LogP contribution >= 0.6 is 0 Å². The Hall–Kier alpha value is -3.53. The van der Waals surface area contributed by atoms with Gasteiger partial charge in [-0.15, -0.1) is 0 Å². The number of hydrogen-bond acceptors (Lipinski definition) is 5. The molecular formula is C27H34FN7O. The van der Waals surface area contributed by atoms with E-state index in [4.69, 9.17) is 22.6 Å². The summed E-state index contributed by atoms with van der Waals surface area (Å²) in [4.78, 5) is 16.8. The number of halogens is 1. The van der Waals surface area contributed by atoms with Gasteiger partial charge in [0.25, 0.3) is 5.91 Å². The molecule has 4 rings (SSSR count). The number of guanidine groups is 1. The summed E-state index contributed by atoms with van der Waals surface area (Å²) in [6, 6.07) is 10.6. The van der Waals surface area contributed by atoms with Crippen LogP contribution in [0, 0.1) is 11.2 Å². The quantitative estimate of drug-likeness (QED) is 0.239. The lowest BCUT2D eigenvalue weighted by Crippen LogP contribution is -2.50. The minimum atomic E-state index is -0.463. The van der Waals surface area contributed by atoms with Crippen LogP contribution in [0.25, 0.3) is 11.1 Å². The number of carbonyl (C=O) groups is 1. The van der Waals surface area contributed by atoms with Gasteiger partial charge in [0.2, 0.25) is 0 Å². The highest BCUT2D eigenvalue weighted by Crippen LogP contribution is 2.28. The first-order valence-electron chi connectivity index (χ1n) is 12.2. The van der Waals surface area contributed by atoms with Crippen LogP contribution in [-0.4, -0.2) is 54.1 Å². The van der Waals surface area contributed by atoms with Crippen molar-refractivity contribution < 1.29 is 9.18 Å². The molecule has 0 aromatic heterocycles. The third-order valence-electron chi connectivity index (χ3n) is 6.89. The molecule has 9 heteroatoms. The molecule has 0 atom stereocenters. The molecule has 8 nitrogen and oxygen atoms in total. The van der Waals surface area contributed by atoms with E-state index in [0.717, 1.165) is 29.7 Å². The molecule has 2 aromatic carbocycles. The van der Waals surface area contributed by atoms with Crippen molar-refractivity contribution in [2.45, 2.75) is 32.5 Å². The minimum Gasteiger partial charge on any atom is -0.370 e. The number of rotatable bonds is 6. The standard InChI is InChI=1S/C27H34FN7O/c1-2-17-15-20(18-7-11-34(12-8-18)26(29)30)3-5-23(17)25(36)33-21-4-6-22(24(28)16-21)19-9-13-35(14-10-19)27(31)32/h3-7,9,15-16,26H,2,8,10-14,29-30H2,1H3,(H3,31,32)(H,33,36). The average molecular weight is 492 g/mol. The van der Waals surface area contributed by atoms with Gasteiger partial charge in [-0.1, -0.05) is 31.2 Å². The van der Waals surface area contributed by atoms with Crippen LogP contribution in [0.15, 0.2) is 48.6 Å². The van der Waals surface area contributed by atoms with E-state index in [-0.39, 0.29) is 11.9 Å². The number of anilines is 1. The molecule has 2 heterocycles. The van der Waals surface area contributed by atoms with E-state index < -0.39 is 12.1 Å². The third-order valence-corrected chi connectivity index (χ3v) is 6.89. The Balaban J connectivity index is 1.47. The fourth-order valence-corrected chi connectivity index (χ4v) is 4.71. The number of hydrogen-bond donors (Lipinski definition) is 5. The summed E-state index contributed by atoms with van der Waals surface area (Å²) in [6.07, 6.45) is 5.70. The highest BCUT2D eigenvalue weighted by atomic mass is 19.1. The lowest BCUT2D eigenvalue weighted by atomic mass is 9.94. The molecule has 0 fully saturated rings. The smallest absolute Gasteiger partial charge is 0.255 e. The predicted molar refractivity (Wildman–Crippen MR) is 143 cm³/mol. The molecule has 0 unspecified atom stereocenters. The summed E-state index contributed by atoms with van der Waals surface area (Å²) in [5, 5.41) is 10.4.